The first-order valence-electron chi connectivity index (χ1n) is 7.81. The summed E-state index contributed by atoms with van der Waals surface area (Å²) < 4.78 is 0. The van der Waals surface area contributed by atoms with Crippen molar-refractivity contribution in [3.05, 3.63) is 35.4 Å². The molecule has 0 heterocycles. The van der Waals surface area contributed by atoms with Crippen LogP contribution in [0.2, 0.25) is 0 Å². The molecule has 0 N–H and O–H groups in total. The van der Waals surface area contributed by atoms with Crippen LogP contribution >= 0.6 is 15.9 Å². The highest BCUT2D eigenvalue weighted by molar-refractivity contribution is 9.09. The molecule has 0 saturated carbocycles. The second kappa shape index (κ2) is 9.24. The first kappa shape index (κ1) is 18.2. The lowest BCUT2D eigenvalue weighted by Crippen LogP contribution is -2.25. The lowest BCUT2D eigenvalue weighted by molar-refractivity contribution is -0.255. The van der Waals surface area contributed by atoms with E-state index in [4.69, 9.17) is 0 Å². The Balaban J connectivity index is 2.68. The molecule has 0 saturated heterocycles. The van der Waals surface area contributed by atoms with Gasteiger partial charge in [-0.3, -0.25) is 0 Å². The molecule has 1 aromatic carbocycles. The number of halogens is 1. The fourth-order valence-electron chi connectivity index (χ4n) is 2.79. The number of rotatable bonds is 9. The topological polar surface area (TPSA) is 40.1 Å². The number of carboxylic acid groups (broad SMARTS) is 1. The van der Waals surface area contributed by atoms with Gasteiger partial charge in [0, 0.05) is 10.9 Å². The van der Waals surface area contributed by atoms with E-state index in [0.29, 0.717) is 11.5 Å². The Labute approximate surface area is 137 Å². The van der Waals surface area contributed by atoms with Crippen molar-refractivity contribution < 1.29 is 9.90 Å². The minimum absolute atomic E-state index is 0.230. The maximum Gasteiger partial charge on any atom is 0.0718 e. The Hall–Kier alpha value is -0.830. The number of benzene rings is 1. The molecule has 2 unspecified atom stereocenters. The molecule has 1 aromatic rings. The van der Waals surface area contributed by atoms with E-state index in [9.17, 15) is 9.90 Å². The van der Waals surface area contributed by atoms with Crippen LogP contribution in [-0.4, -0.2) is 11.3 Å². The molecule has 3 heteroatoms. The largest absolute Gasteiger partial charge is 0.545 e. The second-order valence-corrected chi connectivity index (χ2v) is 7.04. The van der Waals surface area contributed by atoms with Crippen molar-refractivity contribution in [1.82, 2.24) is 0 Å². The van der Waals surface area contributed by atoms with E-state index in [2.05, 4.69) is 36.7 Å². The number of hydrogen-bond donors (Lipinski definition) is 0. The van der Waals surface area contributed by atoms with Crippen LogP contribution in [0.3, 0.4) is 0 Å². The van der Waals surface area contributed by atoms with Crippen molar-refractivity contribution in [2.75, 3.05) is 5.33 Å². The van der Waals surface area contributed by atoms with Crippen LogP contribution in [0.5, 0.6) is 0 Å². The average Bonchev–Trinajstić information content (AvgIpc) is 2.44. The summed E-state index contributed by atoms with van der Waals surface area (Å²) in [7, 11) is 0. The number of carbonyl (C=O) groups excluding carboxylic acids is 1. The minimum Gasteiger partial charge on any atom is -0.545 e. The van der Waals surface area contributed by atoms with Gasteiger partial charge in [0.25, 0.3) is 0 Å². The Bertz CT molecular complexity index is 443. The molecular weight excluding hydrogens is 328 g/mol. The SMILES string of the molecule is CC(C)CCCC(C)CC(CBr)c1ccccc1C(=O)[O-]. The summed E-state index contributed by atoms with van der Waals surface area (Å²) in [6.45, 7) is 6.77. The molecule has 0 spiro atoms. The van der Waals surface area contributed by atoms with Gasteiger partial charge in [-0.1, -0.05) is 80.2 Å². The summed E-state index contributed by atoms with van der Waals surface area (Å²) in [4.78, 5) is 11.2. The Morgan fingerprint density at radius 3 is 2.43 bits per heavy atom. The first-order valence-corrected chi connectivity index (χ1v) is 8.94. The van der Waals surface area contributed by atoms with E-state index in [0.717, 1.165) is 23.2 Å². The van der Waals surface area contributed by atoms with Gasteiger partial charge in [-0.05, 0) is 29.7 Å². The molecule has 0 aliphatic carbocycles. The summed E-state index contributed by atoms with van der Waals surface area (Å²) >= 11 is 3.54. The van der Waals surface area contributed by atoms with E-state index in [1.54, 1.807) is 12.1 Å². The van der Waals surface area contributed by atoms with E-state index in [-0.39, 0.29) is 5.92 Å². The van der Waals surface area contributed by atoms with Crippen LogP contribution in [0.15, 0.2) is 24.3 Å². The van der Waals surface area contributed by atoms with Crippen LogP contribution in [0.25, 0.3) is 0 Å². The van der Waals surface area contributed by atoms with Crippen LogP contribution in [-0.2, 0) is 0 Å². The van der Waals surface area contributed by atoms with Crippen LogP contribution < -0.4 is 5.11 Å². The number of carbonyl (C=O) groups is 1. The predicted molar refractivity (Wildman–Crippen MR) is 89.8 cm³/mol. The van der Waals surface area contributed by atoms with Gasteiger partial charge in [0.1, 0.15) is 0 Å². The Kier molecular flexibility index (Phi) is 8.02. The molecule has 0 radical (unpaired) electrons. The fourth-order valence-corrected chi connectivity index (χ4v) is 3.40. The molecule has 2 nitrogen and oxygen atoms in total. The zero-order chi connectivity index (χ0) is 15.8. The number of hydrogen-bond acceptors (Lipinski definition) is 2. The van der Waals surface area contributed by atoms with Gasteiger partial charge in [0.05, 0.1) is 5.97 Å². The molecule has 0 aliphatic rings. The van der Waals surface area contributed by atoms with E-state index < -0.39 is 5.97 Å². The molecule has 2 atom stereocenters. The zero-order valence-electron chi connectivity index (χ0n) is 13.3. The number of carboxylic acids is 1. The van der Waals surface area contributed by atoms with Crippen molar-refractivity contribution in [3.8, 4) is 0 Å². The van der Waals surface area contributed by atoms with Crippen LogP contribution in [0.1, 0.15) is 68.3 Å². The highest BCUT2D eigenvalue weighted by atomic mass is 79.9. The molecule has 118 valence electrons. The van der Waals surface area contributed by atoms with Gasteiger partial charge in [0.2, 0.25) is 0 Å². The highest BCUT2D eigenvalue weighted by Gasteiger charge is 2.17. The molecular formula is C18H26BrO2-. The number of aromatic carboxylic acids is 1. The second-order valence-electron chi connectivity index (χ2n) is 6.39. The van der Waals surface area contributed by atoms with Crippen LogP contribution in [0.4, 0.5) is 0 Å². The van der Waals surface area contributed by atoms with Crippen molar-refractivity contribution in [2.24, 2.45) is 11.8 Å². The van der Waals surface area contributed by atoms with Crippen molar-refractivity contribution in [1.29, 1.82) is 0 Å². The standard InChI is InChI=1S/C18H27BrO2/c1-13(2)7-6-8-14(3)11-15(12-19)16-9-4-5-10-17(16)18(20)21/h4-5,9-10,13-15H,6-8,11-12H2,1-3H3,(H,20,21)/p-1. The van der Waals surface area contributed by atoms with Crippen molar-refractivity contribution in [2.45, 2.75) is 52.4 Å². The predicted octanol–water partition coefficient (Wildman–Crippen LogP) is 4.38. The highest BCUT2D eigenvalue weighted by Crippen LogP contribution is 2.30. The monoisotopic (exact) mass is 353 g/mol. The summed E-state index contributed by atoms with van der Waals surface area (Å²) in [5.74, 6) is 0.501. The van der Waals surface area contributed by atoms with E-state index >= 15 is 0 Å². The molecule has 21 heavy (non-hydrogen) atoms. The molecule has 0 aliphatic heterocycles. The Morgan fingerprint density at radius 2 is 1.86 bits per heavy atom. The lowest BCUT2D eigenvalue weighted by atomic mass is 9.86. The normalized spacial score (nSPS) is 14.1. The average molecular weight is 354 g/mol. The molecule has 1 rings (SSSR count). The first-order chi connectivity index (χ1) is 9.95. The Morgan fingerprint density at radius 1 is 1.19 bits per heavy atom. The summed E-state index contributed by atoms with van der Waals surface area (Å²) in [5, 5.41) is 12.0. The summed E-state index contributed by atoms with van der Waals surface area (Å²) in [6, 6.07) is 7.22. The fraction of sp³-hybridized carbons (Fsp3) is 0.611. The maximum absolute atomic E-state index is 11.2. The number of alkyl halides is 1. The van der Waals surface area contributed by atoms with Crippen LogP contribution in [0, 0.1) is 11.8 Å². The third kappa shape index (κ3) is 6.21. The molecule has 0 fully saturated rings. The van der Waals surface area contributed by atoms with E-state index in [1.165, 1.54) is 19.3 Å². The summed E-state index contributed by atoms with van der Waals surface area (Å²) in [5.41, 5.74) is 1.22. The quantitative estimate of drug-likeness (QED) is 0.618. The molecule has 0 amide bonds. The van der Waals surface area contributed by atoms with Gasteiger partial charge in [-0.15, -0.1) is 0 Å². The third-order valence-corrected chi connectivity index (χ3v) is 4.75. The minimum atomic E-state index is -1.08. The molecule has 0 aromatic heterocycles. The van der Waals surface area contributed by atoms with E-state index in [1.807, 2.05) is 12.1 Å². The van der Waals surface area contributed by atoms with Gasteiger partial charge in [-0.25, -0.2) is 0 Å². The van der Waals surface area contributed by atoms with Gasteiger partial charge in [-0.2, -0.15) is 0 Å². The summed E-state index contributed by atoms with van der Waals surface area (Å²) in [6.07, 6.45) is 4.72. The van der Waals surface area contributed by atoms with Gasteiger partial charge in [0.15, 0.2) is 0 Å². The smallest absolute Gasteiger partial charge is 0.0718 e. The molecule has 0 bridgehead atoms. The van der Waals surface area contributed by atoms with Crippen molar-refractivity contribution in [3.63, 3.8) is 0 Å². The third-order valence-electron chi connectivity index (χ3n) is 3.97. The van der Waals surface area contributed by atoms with Gasteiger partial charge >= 0.3 is 0 Å². The zero-order valence-corrected chi connectivity index (χ0v) is 14.9. The van der Waals surface area contributed by atoms with Crippen molar-refractivity contribution >= 4 is 21.9 Å². The maximum atomic E-state index is 11.2. The lowest BCUT2D eigenvalue weighted by Gasteiger charge is -2.22. The van der Waals surface area contributed by atoms with Gasteiger partial charge < -0.3 is 9.90 Å².